The highest BCUT2D eigenvalue weighted by molar-refractivity contribution is 7.91. The van der Waals surface area contributed by atoms with E-state index in [1.165, 1.54) is 0 Å². The van der Waals surface area contributed by atoms with E-state index in [1.807, 2.05) is 12.2 Å². The number of hydrogen-bond acceptors (Lipinski definition) is 3. The molecule has 1 N–H and O–H groups in total. The molecule has 0 bridgehead atoms. The molecule has 0 aromatic heterocycles. The number of aliphatic carboxylic acids is 1. The van der Waals surface area contributed by atoms with Crippen LogP contribution in [0.1, 0.15) is 25.7 Å². The third-order valence-electron chi connectivity index (χ3n) is 3.81. The van der Waals surface area contributed by atoms with Crippen LogP contribution in [0.4, 0.5) is 0 Å². The molecule has 0 amide bonds. The van der Waals surface area contributed by atoms with E-state index < -0.39 is 21.7 Å². The molecule has 1 aliphatic carbocycles. The highest BCUT2D eigenvalue weighted by Crippen LogP contribution is 2.35. The molecule has 0 aromatic carbocycles. The van der Waals surface area contributed by atoms with Crippen LogP contribution in [0.3, 0.4) is 0 Å². The Morgan fingerprint density at radius 2 is 2.12 bits per heavy atom. The average Bonchev–Trinajstić information content (AvgIpc) is 2.60. The summed E-state index contributed by atoms with van der Waals surface area (Å²) in [6.45, 7) is 0. The third-order valence-corrected chi connectivity index (χ3v) is 5.61. The van der Waals surface area contributed by atoms with Gasteiger partial charge >= 0.3 is 5.97 Å². The minimum absolute atomic E-state index is 0.0135. The van der Waals surface area contributed by atoms with Gasteiger partial charge in [-0.05, 0) is 37.5 Å². The van der Waals surface area contributed by atoms with Crippen LogP contribution < -0.4 is 0 Å². The van der Waals surface area contributed by atoms with E-state index in [0.29, 0.717) is 6.42 Å². The lowest BCUT2D eigenvalue weighted by atomic mass is 9.77. The van der Waals surface area contributed by atoms with E-state index in [4.69, 9.17) is 0 Å². The van der Waals surface area contributed by atoms with E-state index >= 15 is 0 Å². The summed E-state index contributed by atoms with van der Waals surface area (Å²) in [5.74, 6) is -1.36. The number of carbonyl (C=O) groups is 1. The number of carboxylic acids is 1. The van der Waals surface area contributed by atoms with Gasteiger partial charge in [0.15, 0.2) is 9.84 Å². The van der Waals surface area contributed by atoms with Crippen molar-refractivity contribution < 1.29 is 18.3 Å². The minimum atomic E-state index is -3.00. The van der Waals surface area contributed by atoms with Crippen molar-refractivity contribution in [2.45, 2.75) is 25.7 Å². The van der Waals surface area contributed by atoms with Crippen molar-refractivity contribution in [3.8, 4) is 0 Å². The fourth-order valence-corrected chi connectivity index (χ4v) is 4.83. The van der Waals surface area contributed by atoms with Gasteiger partial charge in [0.2, 0.25) is 0 Å². The first-order valence-electron chi connectivity index (χ1n) is 6.09. The van der Waals surface area contributed by atoms with Gasteiger partial charge in [0.25, 0.3) is 0 Å². The molecule has 1 saturated heterocycles. The van der Waals surface area contributed by atoms with E-state index in [-0.39, 0.29) is 23.3 Å². The molecule has 1 aliphatic heterocycles. The Morgan fingerprint density at radius 3 is 2.59 bits per heavy atom. The van der Waals surface area contributed by atoms with Crippen LogP contribution in [0, 0.1) is 17.8 Å². The molecule has 2 aliphatic rings. The minimum Gasteiger partial charge on any atom is -0.481 e. The molecule has 17 heavy (non-hydrogen) atoms. The molecule has 0 spiro atoms. The van der Waals surface area contributed by atoms with Crippen molar-refractivity contribution >= 4 is 15.8 Å². The average molecular weight is 258 g/mol. The van der Waals surface area contributed by atoms with Crippen molar-refractivity contribution in [3.05, 3.63) is 12.2 Å². The smallest absolute Gasteiger partial charge is 0.307 e. The van der Waals surface area contributed by atoms with Gasteiger partial charge in [-0.15, -0.1) is 0 Å². The van der Waals surface area contributed by atoms with Gasteiger partial charge < -0.3 is 5.11 Å². The van der Waals surface area contributed by atoms with Crippen LogP contribution in [0.2, 0.25) is 0 Å². The number of allylic oxidation sites excluding steroid dienone is 2. The quantitative estimate of drug-likeness (QED) is 0.778. The Labute approximate surface area is 102 Å². The van der Waals surface area contributed by atoms with Gasteiger partial charge in [-0.25, -0.2) is 8.42 Å². The molecule has 0 radical (unpaired) electrons. The summed E-state index contributed by atoms with van der Waals surface area (Å²) in [7, 11) is -3.00. The fourth-order valence-electron chi connectivity index (χ4n) is 2.98. The molecule has 0 aromatic rings. The van der Waals surface area contributed by atoms with Crippen LogP contribution in [0.25, 0.3) is 0 Å². The second-order valence-corrected chi connectivity index (χ2v) is 7.28. The van der Waals surface area contributed by atoms with Crippen LogP contribution >= 0.6 is 0 Å². The second kappa shape index (κ2) is 4.80. The lowest BCUT2D eigenvalue weighted by molar-refractivity contribution is -0.145. The number of sulfone groups is 1. The monoisotopic (exact) mass is 258 g/mol. The first-order valence-corrected chi connectivity index (χ1v) is 7.91. The molecule has 1 fully saturated rings. The zero-order chi connectivity index (χ0) is 12.5. The normalized spacial score (nSPS) is 33.4. The first kappa shape index (κ1) is 12.6. The Morgan fingerprint density at radius 1 is 1.35 bits per heavy atom. The van der Waals surface area contributed by atoms with Gasteiger partial charge in [0.05, 0.1) is 17.4 Å². The summed E-state index contributed by atoms with van der Waals surface area (Å²) in [6.07, 6.45) is 7.37. The molecular weight excluding hydrogens is 240 g/mol. The lowest BCUT2D eigenvalue weighted by Gasteiger charge is -2.27. The Bertz CT molecular complexity index is 424. The zero-order valence-electron chi connectivity index (χ0n) is 9.71. The topological polar surface area (TPSA) is 71.4 Å². The molecule has 5 heteroatoms. The second-order valence-electron chi connectivity index (χ2n) is 5.05. The summed E-state index contributed by atoms with van der Waals surface area (Å²) < 4.78 is 22.9. The van der Waals surface area contributed by atoms with Gasteiger partial charge in [-0.1, -0.05) is 12.2 Å². The van der Waals surface area contributed by atoms with Crippen molar-refractivity contribution in [1.29, 1.82) is 0 Å². The Hall–Kier alpha value is -0.840. The summed E-state index contributed by atoms with van der Waals surface area (Å²) in [5, 5.41) is 9.33. The van der Waals surface area contributed by atoms with Gasteiger partial charge in [-0.2, -0.15) is 0 Å². The van der Waals surface area contributed by atoms with E-state index in [0.717, 1.165) is 19.3 Å². The predicted molar refractivity (Wildman–Crippen MR) is 64.4 cm³/mol. The first-order chi connectivity index (χ1) is 7.99. The van der Waals surface area contributed by atoms with E-state index in [1.54, 1.807) is 0 Å². The molecule has 3 unspecified atom stereocenters. The SMILES string of the molecule is O=C(O)C(C1C=CCCC1)C1CCS(=O)(=O)C1. The summed E-state index contributed by atoms with van der Waals surface area (Å²) >= 11 is 0. The molecule has 96 valence electrons. The fraction of sp³-hybridized carbons (Fsp3) is 0.750. The van der Waals surface area contributed by atoms with Gasteiger partial charge in [-0.3, -0.25) is 4.79 Å². The van der Waals surface area contributed by atoms with Crippen LogP contribution in [-0.2, 0) is 14.6 Å². The highest BCUT2D eigenvalue weighted by Gasteiger charge is 2.40. The van der Waals surface area contributed by atoms with Crippen molar-refractivity contribution in [2.75, 3.05) is 11.5 Å². The number of hydrogen-bond donors (Lipinski definition) is 1. The summed E-state index contributed by atoms with van der Waals surface area (Å²) in [6, 6.07) is 0. The van der Waals surface area contributed by atoms with E-state index in [2.05, 4.69) is 0 Å². The van der Waals surface area contributed by atoms with Crippen LogP contribution in [0.5, 0.6) is 0 Å². The lowest BCUT2D eigenvalue weighted by Crippen LogP contribution is -2.31. The standard InChI is InChI=1S/C12H18O4S/c13-12(14)11(9-4-2-1-3-5-9)10-6-7-17(15,16)8-10/h2,4,9-11H,1,3,5-8H2,(H,13,14). The van der Waals surface area contributed by atoms with Crippen molar-refractivity contribution in [3.63, 3.8) is 0 Å². The van der Waals surface area contributed by atoms with Crippen LogP contribution in [0.15, 0.2) is 12.2 Å². The largest absolute Gasteiger partial charge is 0.481 e. The molecule has 2 rings (SSSR count). The molecule has 1 heterocycles. The molecule has 3 atom stereocenters. The maximum Gasteiger partial charge on any atom is 0.307 e. The maximum atomic E-state index is 11.4. The van der Waals surface area contributed by atoms with Crippen molar-refractivity contribution in [1.82, 2.24) is 0 Å². The highest BCUT2D eigenvalue weighted by atomic mass is 32.2. The molecular formula is C12H18O4S. The number of rotatable bonds is 3. The molecule has 0 saturated carbocycles. The predicted octanol–water partition coefficient (Wildman–Crippen LogP) is 1.48. The Kier molecular flexibility index (Phi) is 3.56. The Balaban J connectivity index is 2.15. The molecule has 4 nitrogen and oxygen atoms in total. The zero-order valence-corrected chi connectivity index (χ0v) is 10.5. The number of carboxylic acid groups (broad SMARTS) is 1. The van der Waals surface area contributed by atoms with Crippen LogP contribution in [-0.4, -0.2) is 31.0 Å². The van der Waals surface area contributed by atoms with Gasteiger partial charge in [0.1, 0.15) is 0 Å². The van der Waals surface area contributed by atoms with Gasteiger partial charge in [0, 0.05) is 0 Å². The summed E-state index contributed by atoms with van der Waals surface area (Å²) in [4.78, 5) is 11.4. The van der Waals surface area contributed by atoms with E-state index in [9.17, 15) is 18.3 Å². The third kappa shape index (κ3) is 2.89. The summed E-state index contributed by atoms with van der Waals surface area (Å²) in [5.41, 5.74) is 0. The van der Waals surface area contributed by atoms with Crippen molar-refractivity contribution in [2.24, 2.45) is 17.8 Å². The maximum absolute atomic E-state index is 11.4.